The lowest BCUT2D eigenvalue weighted by atomic mass is 9.96. The maximum atomic E-state index is 12.3. The summed E-state index contributed by atoms with van der Waals surface area (Å²) in [6.45, 7) is 2.92. The second-order valence-electron chi connectivity index (χ2n) is 4.70. The molecule has 0 saturated carbocycles. The molecule has 2 atom stereocenters. The lowest BCUT2D eigenvalue weighted by Crippen LogP contribution is -2.43. The number of likely N-dealkylation sites (tertiary alicyclic amines) is 1. The number of carbonyl (C=O) groups is 2. The van der Waals surface area contributed by atoms with Gasteiger partial charge in [-0.15, -0.1) is 11.3 Å². The highest BCUT2D eigenvalue weighted by molar-refractivity contribution is 7.10. The molecule has 1 aliphatic rings. The fraction of sp³-hybridized carbons (Fsp3) is 0.538. The van der Waals surface area contributed by atoms with Crippen molar-refractivity contribution < 1.29 is 14.7 Å². The van der Waals surface area contributed by atoms with E-state index >= 15 is 0 Å². The molecule has 0 spiro atoms. The zero-order valence-electron chi connectivity index (χ0n) is 10.3. The SMILES string of the molecule is C[C@@H](C(=O)N1CCC[C@H](C(=O)O)C1)c1cccs1. The Bertz CT molecular complexity index is 429. The van der Waals surface area contributed by atoms with Crippen LogP contribution in [0.3, 0.4) is 0 Å². The molecule has 1 saturated heterocycles. The van der Waals surface area contributed by atoms with Crippen molar-refractivity contribution >= 4 is 23.2 Å². The number of carbonyl (C=O) groups excluding carboxylic acids is 1. The second kappa shape index (κ2) is 5.52. The number of aliphatic carboxylic acids is 1. The summed E-state index contributed by atoms with van der Waals surface area (Å²) in [6.07, 6.45) is 1.45. The van der Waals surface area contributed by atoms with Crippen LogP contribution in [0.1, 0.15) is 30.6 Å². The number of rotatable bonds is 3. The number of piperidine rings is 1. The van der Waals surface area contributed by atoms with E-state index in [-0.39, 0.29) is 11.8 Å². The molecule has 0 radical (unpaired) electrons. The minimum atomic E-state index is -0.795. The van der Waals surface area contributed by atoms with Gasteiger partial charge in [0.25, 0.3) is 0 Å². The van der Waals surface area contributed by atoms with E-state index in [0.717, 1.165) is 11.3 Å². The van der Waals surface area contributed by atoms with E-state index in [9.17, 15) is 9.59 Å². The third-order valence-corrected chi connectivity index (χ3v) is 4.48. The number of carboxylic acids is 1. The van der Waals surface area contributed by atoms with Crippen LogP contribution in [0, 0.1) is 5.92 Å². The summed E-state index contributed by atoms with van der Waals surface area (Å²) in [5.41, 5.74) is 0. The van der Waals surface area contributed by atoms with Crippen LogP contribution in [-0.2, 0) is 9.59 Å². The monoisotopic (exact) mass is 267 g/mol. The molecule has 1 aliphatic heterocycles. The zero-order valence-corrected chi connectivity index (χ0v) is 11.2. The highest BCUT2D eigenvalue weighted by Crippen LogP contribution is 2.25. The maximum Gasteiger partial charge on any atom is 0.308 e. The minimum absolute atomic E-state index is 0.0448. The van der Waals surface area contributed by atoms with Crippen molar-refractivity contribution in [1.82, 2.24) is 4.90 Å². The van der Waals surface area contributed by atoms with Crippen LogP contribution >= 0.6 is 11.3 Å². The molecular weight excluding hydrogens is 250 g/mol. The fourth-order valence-corrected chi connectivity index (χ4v) is 3.09. The average Bonchev–Trinajstić information content (AvgIpc) is 2.91. The van der Waals surface area contributed by atoms with E-state index in [0.29, 0.717) is 19.5 Å². The molecule has 0 aliphatic carbocycles. The highest BCUT2D eigenvalue weighted by atomic mass is 32.1. The van der Waals surface area contributed by atoms with E-state index in [1.54, 1.807) is 16.2 Å². The second-order valence-corrected chi connectivity index (χ2v) is 5.68. The minimum Gasteiger partial charge on any atom is -0.481 e. The quantitative estimate of drug-likeness (QED) is 0.913. The summed E-state index contributed by atoms with van der Waals surface area (Å²) in [6, 6.07) is 3.88. The van der Waals surface area contributed by atoms with Crippen LogP contribution in [0.15, 0.2) is 17.5 Å². The Morgan fingerprint density at radius 2 is 2.33 bits per heavy atom. The average molecular weight is 267 g/mol. The number of hydrogen-bond acceptors (Lipinski definition) is 3. The molecule has 2 rings (SSSR count). The van der Waals surface area contributed by atoms with Crippen LogP contribution in [0.4, 0.5) is 0 Å². The summed E-state index contributed by atoms with van der Waals surface area (Å²) in [7, 11) is 0. The Hall–Kier alpha value is -1.36. The van der Waals surface area contributed by atoms with Crippen molar-refractivity contribution in [3.8, 4) is 0 Å². The van der Waals surface area contributed by atoms with Crippen molar-refractivity contribution in [2.45, 2.75) is 25.7 Å². The van der Waals surface area contributed by atoms with Crippen LogP contribution in [0.25, 0.3) is 0 Å². The number of nitrogens with zero attached hydrogens (tertiary/aromatic N) is 1. The summed E-state index contributed by atoms with van der Waals surface area (Å²) in [5.74, 6) is -1.32. The molecule has 1 amide bonds. The van der Waals surface area contributed by atoms with Gasteiger partial charge in [0.2, 0.25) is 5.91 Å². The smallest absolute Gasteiger partial charge is 0.308 e. The van der Waals surface area contributed by atoms with Crippen LogP contribution in [0.2, 0.25) is 0 Å². The largest absolute Gasteiger partial charge is 0.481 e. The van der Waals surface area contributed by atoms with E-state index < -0.39 is 11.9 Å². The topological polar surface area (TPSA) is 57.6 Å². The summed E-state index contributed by atoms with van der Waals surface area (Å²) in [5, 5.41) is 11.0. The first kappa shape index (κ1) is 13.1. The van der Waals surface area contributed by atoms with Crippen molar-refractivity contribution in [3.63, 3.8) is 0 Å². The number of hydrogen-bond donors (Lipinski definition) is 1. The van der Waals surface area contributed by atoms with Gasteiger partial charge < -0.3 is 10.0 Å². The van der Waals surface area contributed by atoms with Gasteiger partial charge in [-0.05, 0) is 31.2 Å². The Labute approximate surface area is 110 Å². The van der Waals surface area contributed by atoms with Crippen LogP contribution < -0.4 is 0 Å². The van der Waals surface area contributed by atoms with Gasteiger partial charge in [0, 0.05) is 18.0 Å². The normalized spacial score (nSPS) is 21.6. The van der Waals surface area contributed by atoms with Gasteiger partial charge >= 0.3 is 5.97 Å². The Morgan fingerprint density at radius 3 is 2.94 bits per heavy atom. The molecule has 18 heavy (non-hydrogen) atoms. The van der Waals surface area contributed by atoms with Crippen molar-refractivity contribution in [2.75, 3.05) is 13.1 Å². The van der Waals surface area contributed by atoms with Crippen molar-refractivity contribution in [2.24, 2.45) is 5.92 Å². The predicted octanol–water partition coefficient (Wildman–Crippen LogP) is 2.17. The summed E-state index contributed by atoms with van der Waals surface area (Å²) in [4.78, 5) is 26.0. The van der Waals surface area contributed by atoms with E-state index in [2.05, 4.69) is 0 Å². The Morgan fingerprint density at radius 1 is 1.56 bits per heavy atom. The lowest BCUT2D eigenvalue weighted by molar-refractivity contribution is -0.146. The van der Waals surface area contributed by atoms with Gasteiger partial charge in [0.15, 0.2) is 0 Å². The molecule has 1 aromatic heterocycles. The maximum absolute atomic E-state index is 12.3. The first-order valence-electron chi connectivity index (χ1n) is 6.14. The molecule has 0 aromatic carbocycles. The van der Waals surface area contributed by atoms with Crippen LogP contribution in [0.5, 0.6) is 0 Å². The molecule has 2 heterocycles. The van der Waals surface area contributed by atoms with Crippen LogP contribution in [-0.4, -0.2) is 35.0 Å². The van der Waals surface area contributed by atoms with Gasteiger partial charge in [-0.3, -0.25) is 9.59 Å². The standard InChI is InChI=1S/C13H17NO3S/c1-9(11-5-3-7-18-11)12(15)14-6-2-4-10(8-14)13(16)17/h3,5,7,9-10H,2,4,6,8H2,1H3,(H,16,17)/t9-,10+/m1/s1. The third-order valence-electron chi connectivity index (χ3n) is 3.42. The molecule has 0 bridgehead atoms. The van der Waals surface area contributed by atoms with Gasteiger partial charge in [0.05, 0.1) is 11.8 Å². The first-order chi connectivity index (χ1) is 8.59. The zero-order chi connectivity index (χ0) is 13.1. The number of thiophene rings is 1. The molecule has 1 aromatic rings. The molecule has 5 heteroatoms. The van der Waals surface area contributed by atoms with Crippen molar-refractivity contribution in [3.05, 3.63) is 22.4 Å². The van der Waals surface area contributed by atoms with Gasteiger partial charge in [0.1, 0.15) is 0 Å². The molecule has 1 fully saturated rings. The van der Waals surface area contributed by atoms with Crippen molar-refractivity contribution in [1.29, 1.82) is 0 Å². The van der Waals surface area contributed by atoms with E-state index in [4.69, 9.17) is 5.11 Å². The molecule has 1 N–H and O–H groups in total. The Kier molecular flexibility index (Phi) is 4.01. The molecular formula is C13H17NO3S. The fourth-order valence-electron chi connectivity index (χ4n) is 2.31. The molecule has 4 nitrogen and oxygen atoms in total. The summed E-state index contributed by atoms with van der Waals surface area (Å²) < 4.78 is 0. The highest BCUT2D eigenvalue weighted by Gasteiger charge is 2.30. The molecule has 98 valence electrons. The van der Waals surface area contributed by atoms with Gasteiger partial charge in [-0.25, -0.2) is 0 Å². The Balaban J connectivity index is 2.02. The van der Waals surface area contributed by atoms with E-state index in [1.807, 2.05) is 24.4 Å². The predicted molar refractivity (Wildman–Crippen MR) is 69.7 cm³/mol. The summed E-state index contributed by atoms with van der Waals surface area (Å²) >= 11 is 1.57. The molecule has 0 unspecified atom stereocenters. The number of carboxylic acid groups (broad SMARTS) is 1. The van der Waals surface area contributed by atoms with Gasteiger partial charge in [-0.2, -0.15) is 0 Å². The number of amides is 1. The van der Waals surface area contributed by atoms with Gasteiger partial charge in [-0.1, -0.05) is 6.07 Å². The lowest BCUT2D eigenvalue weighted by Gasteiger charge is -2.32. The third kappa shape index (κ3) is 2.72. The first-order valence-corrected chi connectivity index (χ1v) is 7.02. The van der Waals surface area contributed by atoms with E-state index in [1.165, 1.54) is 0 Å².